The summed E-state index contributed by atoms with van der Waals surface area (Å²) in [6, 6.07) is 14.1. The van der Waals surface area contributed by atoms with Gasteiger partial charge in [-0.3, -0.25) is 4.98 Å². The Kier molecular flexibility index (Phi) is 2.80. The van der Waals surface area contributed by atoms with E-state index in [9.17, 15) is 0 Å². The first kappa shape index (κ1) is 9.22. The van der Waals surface area contributed by atoms with Crippen LogP contribution >= 0.6 is 11.6 Å². The van der Waals surface area contributed by atoms with Crippen molar-refractivity contribution in [2.45, 2.75) is 6.42 Å². The van der Waals surface area contributed by atoms with E-state index in [2.05, 4.69) is 17.1 Å². The fraction of sp³-hybridized carbons (Fsp3) is 0.0833. The zero-order chi connectivity index (χ0) is 9.80. The van der Waals surface area contributed by atoms with E-state index in [1.165, 1.54) is 5.56 Å². The van der Waals surface area contributed by atoms with Crippen LogP contribution in [0, 0.1) is 0 Å². The average Bonchev–Trinajstić information content (AvgIpc) is 2.23. The molecule has 0 saturated carbocycles. The first-order chi connectivity index (χ1) is 6.84. The number of hydrogen-bond donors (Lipinski definition) is 0. The van der Waals surface area contributed by atoms with Crippen LogP contribution in [0.4, 0.5) is 0 Å². The maximum absolute atomic E-state index is 5.75. The number of halogens is 1. The Labute approximate surface area is 88.4 Å². The normalized spacial score (nSPS) is 10.1. The van der Waals surface area contributed by atoms with Gasteiger partial charge in [-0.25, -0.2) is 0 Å². The summed E-state index contributed by atoms with van der Waals surface area (Å²) in [6.45, 7) is 0. The summed E-state index contributed by atoms with van der Waals surface area (Å²) < 4.78 is 0. The Balaban J connectivity index is 2.16. The monoisotopic (exact) mass is 203 g/mol. The van der Waals surface area contributed by atoms with E-state index < -0.39 is 0 Å². The lowest BCUT2D eigenvalue weighted by Gasteiger charge is -2.00. The molecule has 0 aliphatic heterocycles. The molecule has 1 aromatic heterocycles. The molecule has 0 saturated heterocycles. The summed E-state index contributed by atoms with van der Waals surface area (Å²) in [5, 5.41) is 0.682. The number of benzene rings is 1. The molecule has 14 heavy (non-hydrogen) atoms. The second-order valence-electron chi connectivity index (χ2n) is 3.13. The van der Waals surface area contributed by atoms with Crippen molar-refractivity contribution in [1.29, 1.82) is 0 Å². The van der Waals surface area contributed by atoms with Crippen molar-refractivity contribution in [3.05, 3.63) is 64.9 Å². The van der Waals surface area contributed by atoms with Gasteiger partial charge in [0.05, 0.1) is 5.02 Å². The largest absolute Gasteiger partial charge is 0.259 e. The Morgan fingerprint density at radius 2 is 1.79 bits per heavy atom. The molecule has 0 atom stereocenters. The van der Waals surface area contributed by atoms with Gasteiger partial charge in [-0.05, 0) is 17.7 Å². The van der Waals surface area contributed by atoms with Crippen LogP contribution in [0.3, 0.4) is 0 Å². The lowest BCUT2D eigenvalue weighted by Crippen LogP contribution is -1.90. The van der Waals surface area contributed by atoms with E-state index in [1.807, 2.05) is 30.3 Å². The summed E-state index contributed by atoms with van der Waals surface area (Å²) in [6.07, 6.45) is 2.54. The van der Waals surface area contributed by atoms with Crippen molar-refractivity contribution >= 4 is 11.6 Å². The van der Waals surface area contributed by atoms with Gasteiger partial charge in [0, 0.05) is 18.3 Å². The number of rotatable bonds is 2. The molecule has 0 aliphatic carbocycles. The minimum Gasteiger partial charge on any atom is -0.259 e. The molecule has 0 unspecified atom stereocenters. The zero-order valence-corrected chi connectivity index (χ0v) is 8.41. The van der Waals surface area contributed by atoms with Crippen molar-refractivity contribution in [1.82, 2.24) is 4.98 Å². The molecule has 0 radical (unpaired) electrons. The maximum Gasteiger partial charge on any atom is 0.0589 e. The standard InChI is InChI=1S/C12H10ClN/c13-11-6-7-12(14-9-11)8-10-4-2-1-3-5-10/h1-7,9H,8H2. The smallest absolute Gasteiger partial charge is 0.0589 e. The lowest BCUT2D eigenvalue weighted by atomic mass is 10.1. The molecule has 0 aliphatic rings. The van der Waals surface area contributed by atoms with Gasteiger partial charge in [0.15, 0.2) is 0 Å². The Bertz CT molecular complexity index is 394. The Hall–Kier alpha value is -1.34. The van der Waals surface area contributed by atoms with Crippen molar-refractivity contribution in [2.75, 3.05) is 0 Å². The van der Waals surface area contributed by atoms with Crippen LogP contribution in [0.1, 0.15) is 11.3 Å². The van der Waals surface area contributed by atoms with Gasteiger partial charge in [-0.2, -0.15) is 0 Å². The summed E-state index contributed by atoms with van der Waals surface area (Å²) in [4.78, 5) is 4.24. The quantitative estimate of drug-likeness (QED) is 0.730. The van der Waals surface area contributed by atoms with Gasteiger partial charge in [0.25, 0.3) is 0 Å². The van der Waals surface area contributed by atoms with Crippen LogP contribution in [0.25, 0.3) is 0 Å². The highest BCUT2D eigenvalue weighted by atomic mass is 35.5. The van der Waals surface area contributed by atoms with E-state index >= 15 is 0 Å². The van der Waals surface area contributed by atoms with E-state index in [0.717, 1.165) is 12.1 Å². The van der Waals surface area contributed by atoms with Crippen molar-refractivity contribution < 1.29 is 0 Å². The number of hydrogen-bond acceptors (Lipinski definition) is 1. The first-order valence-electron chi connectivity index (χ1n) is 4.49. The molecule has 70 valence electrons. The van der Waals surface area contributed by atoms with Crippen molar-refractivity contribution in [3.8, 4) is 0 Å². The summed E-state index contributed by atoms with van der Waals surface area (Å²) >= 11 is 5.75. The van der Waals surface area contributed by atoms with Crippen LogP contribution in [0.15, 0.2) is 48.7 Å². The van der Waals surface area contributed by atoms with Crippen LogP contribution in [0.5, 0.6) is 0 Å². The second-order valence-corrected chi connectivity index (χ2v) is 3.57. The minimum atomic E-state index is 0.682. The predicted molar refractivity (Wildman–Crippen MR) is 58.5 cm³/mol. The van der Waals surface area contributed by atoms with Crippen molar-refractivity contribution in [3.63, 3.8) is 0 Å². The fourth-order valence-electron chi connectivity index (χ4n) is 1.32. The van der Waals surface area contributed by atoms with Gasteiger partial charge in [0.2, 0.25) is 0 Å². The summed E-state index contributed by atoms with van der Waals surface area (Å²) in [5.41, 5.74) is 2.31. The van der Waals surface area contributed by atoms with Gasteiger partial charge >= 0.3 is 0 Å². The molecule has 0 bridgehead atoms. The maximum atomic E-state index is 5.75. The molecule has 1 heterocycles. The third kappa shape index (κ3) is 2.33. The highest BCUT2D eigenvalue weighted by Crippen LogP contribution is 2.10. The van der Waals surface area contributed by atoms with Gasteiger partial charge in [0.1, 0.15) is 0 Å². The molecule has 0 amide bonds. The van der Waals surface area contributed by atoms with E-state index in [4.69, 9.17) is 11.6 Å². The second kappa shape index (κ2) is 4.25. The number of pyridine rings is 1. The molecule has 1 aromatic carbocycles. The van der Waals surface area contributed by atoms with Crippen LogP contribution in [-0.4, -0.2) is 4.98 Å². The first-order valence-corrected chi connectivity index (χ1v) is 4.87. The molecule has 2 heteroatoms. The highest BCUT2D eigenvalue weighted by Gasteiger charge is 1.96. The topological polar surface area (TPSA) is 12.9 Å². The summed E-state index contributed by atoms with van der Waals surface area (Å²) in [7, 11) is 0. The van der Waals surface area contributed by atoms with Gasteiger partial charge in [-0.1, -0.05) is 41.9 Å². The molecule has 2 rings (SSSR count). The zero-order valence-electron chi connectivity index (χ0n) is 7.65. The van der Waals surface area contributed by atoms with E-state index in [0.29, 0.717) is 5.02 Å². The molecule has 2 aromatic rings. The van der Waals surface area contributed by atoms with Crippen LogP contribution in [0.2, 0.25) is 5.02 Å². The molecule has 0 N–H and O–H groups in total. The fourth-order valence-corrected chi connectivity index (χ4v) is 1.43. The van der Waals surface area contributed by atoms with Crippen LogP contribution < -0.4 is 0 Å². The van der Waals surface area contributed by atoms with Gasteiger partial charge in [-0.15, -0.1) is 0 Å². The third-order valence-corrected chi connectivity index (χ3v) is 2.24. The highest BCUT2D eigenvalue weighted by molar-refractivity contribution is 6.30. The SMILES string of the molecule is Clc1ccc(Cc2ccccc2)nc1. The molecular weight excluding hydrogens is 194 g/mol. The Morgan fingerprint density at radius 3 is 2.43 bits per heavy atom. The summed E-state index contributed by atoms with van der Waals surface area (Å²) in [5.74, 6) is 0. The molecular formula is C12H10ClN. The Morgan fingerprint density at radius 1 is 1.00 bits per heavy atom. The van der Waals surface area contributed by atoms with Crippen LogP contribution in [-0.2, 0) is 6.42 Å². The molecule has 0 spiro atoms. The van der Waals surface area contributed by atoms with E-state index in [1.54, 1.807) is 6.20 Å². The minimum absolute atomic E-state index is 0.682. The molecule has 1 nitrogen and oxygen atoms in total. The van der Waals surface area contributed by atoms with Crippen molar-refractivity contribution in [2.24, 2.45) is 0 Å². The number of nitrogens with zero attached hydrogens (tertiary/aromatic N) is 1. The lowest BCUT2D eigenvalue weighted by molar-refractivity contribution is 1.07. The number of aromatic nitrogens is 1. The van der Waals surface area contributed by atoms with Gasteiger partial charge < -0.3 is 0 Å². The molecule has 0 fully saturated rings. The predicted octanol–water partition coefficient (Wildman–Crippen LogP) is 3.33. The average molecular weight is 204 g/mol. The van der Waals surface area contributed by atoms with E-state index in [-0.39, 0.29) is 0 Å². The third-order valence-electron chi connectivity index (χ3n) is 2.02.